The third kappa shape index (κ3) is 4.61. The SMILES string of the molecule is CC(C)c1ccc(-c2noc(CCC(=O)Nc3ccnn3C(C)C)n2)cc1. The Labute approximate surface area is 158 Å². The molecule has 7 heteroatoms. The zero-order valence-electron chi connectivity index (χ0n) is 16.1. The Bertz CT molecular complexity index is 893. The first-order chi connectivity index (χ1) is 12.9. The smallest absolute Gasteiger partial charge is 0.227 e. The Morgan fingerprint density at radius 1 is 1.15 bits per heavy atom. The highest BCUT2D eigenvalue weighted by molar-refractivity contribution is 5.89. The average molecular weight is 367 g/mol. The van der Waals surface area contributed by atoms with Crippen molar-refractivity contribution in [3.05, 3.63) is 48.0 Å². The van der Waals surface area contributed by atoms with Gasteiger partial charge in [0.15, 0.2) is 0 Å². The normalized spacial score (nSPS) is 11.3. The summed E-state index contributed by atoms with van der Waals surface area (Å²) in [5.41, 5.74) is 2.17. The zero-order chi connectivity index (χ0) is 19.4. The number of rotatable bonds is 7. The standard InChI is InChI=1S/C20H25N5O2/c1-13(2)15-5-7-16(8-6-15)20-23-19(27-24-20)10-9-18(26)22-17-11-12-21-25(17)14(3)4/h5-8,11-14H,9-10H2,1-4H3,(H,22,26). The van der Waals surface area contributed by atoms with Crippen molar-refractivity contribution in [2.24, 2.45) is 0 Å². The quantitative estimate of drug-likeness (QED) is 0.676. The number of hydrogen-bond acceptors (Lipinski definition) is 5. The first-order valence-corrected chi connectivity index (χ1v) is 9.20. The summed E-state index contributed by atoms with van der Waals surface area (Å²) in [7, 11) is 0. The first kappa shape index (κ1) is 18.8. The zero-order valence-corrected chi connectivity index (χ0v) is 16.1. The molecule has 1 N–H and O–H groups in total. The molecule has 0 aliphatic rings. The number of carbonyl (C=O) groups is 1. The minimum Gasteiger partial charge on any atom is -0.339 e. The van der Waals surface area contributed by atoms with Gasteiger partial charge in [-0.2, -0.15) is 10.1 Å². The van der Waals surface area contributed by atoms with Crippen molar-refractivity contribution >= 4 is 11.7 Å². The molecule has 1 amide bonds. The summed E-state index contributed by atoms with van der Waals surface area (Å²) < 4.78 is 7.05. The lowest BCUT2D eigenvalue weighted by molar-refractivity contribution is -0.116. The van der Waals surface area contributed by atoms with Gasteiger partial charge in [0, 0.05) is 30.5 Å². The van der Waals surface area contributed by atoms with Gasteiger partial charge < -0.3 is 9.84 Å². The molecule has 1 aromatic carbocycles. The fraction of sp³-hybridized carbons (Fsp3) is 0.400. The number of aryl methyl sites for hydroxylation is 1. The Balaban J connectivity index is 1.57. The Morgan fingerprint density at radius 3 is 2.56 bits per heavy atom. The third-order valence-electron chi connectivity index (χ3n) is 4.30. The van der Waals surface area contributed by atoms with E-state index in [2.05, 4.69) is 46.5 Å². The fourth-order valence-electron chi connectivity index (χ4n) is 2.74. The van der Waals surface area contributed by atoms with Crippen LogP contribution in [-0.2, 0) is 11.2 Å². The van der Waals surface area contributed by atoms with Crippen LogP contribution in [0.3, 0.4) is 0 Å². The van der Waals surface area contributed by atoms with Crippen molar-refractivity contribution in [1.29, 1.82) is 0 Å². The van der Waals surface area contributed by atoms with E-state index in [-0.39, 0.29) is 18.4 Å². The first-order valence-electron chi connectivity index (χ1n) is 9.20. The van der Waals surface area contributed by atoms with Crippen LogP contribution in [0.4, 0.5) is 5.82 Å². The van der Waals surface area contributed by atoms with Gasteiger partial charge in [0.05, 0.1) is 6.20 Å². The van der Waals surface area contributed by atoms with Crippen molar-refractivity contribution in [2.75, 3.05) is 5.32 Å². The number of aromatic nitrogens is 4. The van der Waals surface area contributed by atoms with Gasteiger partial charge in [0.25, 0.3) is 0 Å². The van der Waals surface area contributed by atoms with Crippen LogP contribution in [0.1, 0.15) is 57.5 Å². The molecule has 0 bridgehead atoms. The van der Waals surface area contributed by atoms with Crippen molar-refractivity contribution < 1.29 is 9.32 Å². The van der Waals surface area contributed by atoms with E-state index in [0.29, 0.717) is 29.9 Å². The number of anilines is 1. The van der Waals surface area contributed by atoms with E-state index >= 15 is 0 Å². The average Bonchev–Trinajstić information content (AvgIpc) is 3.29. The number of amides is 1. The van der Waals surface area contributed by atoms with Gasteiger partial charge in [-0.1, -0.05) is 43.3 Å². The lowest BCUT2D eigenvalue weighted by Crippen LogP contribution is -2.17. The Morgan fingerprint density at radius 2 is 1.89 bits per heavy atom. The highest BCUT2D eigenvalue weighted by Gasteiger charge is 2.13. The molecule has 0 spiro atoms. The predicted octanol–water partition coefficient (Wildman–Crippen LogP) is 4.21. The number of hydrogen-bond donors (Lipinski definition) is 1. The van der Waals surface area contributed by atoms with E-state index in [1.807, 2.05) is 26.0 Å². The molecular formula is C20H25N5O2. The van der Waals surface area contributed by atoms with E-state index in [1.54, 1.807) is 16.9 Å². The number of benzene rings is 1. The maximum atomic E-state index is 12.2. The summed E-state index contributed by atoms with van der Waals surface area (Å²) in [6.45, 7) is 8.33. The molecule has 2 heterocycles. The topological polar surface area (TPSA) is 85.8 Å². The monoisotopic (exact) mass is 367 g/mol. The molecule has 3 rings (SSSR count). The molecule has 0 atom stereocenters. The van der Waals surface area contributed by atoms with Gasteiger partial charge >= 0.3 is 0 Å². The highest BCUT2D eigenvalue weighted by atomic mass is 16.5. The maximum Gasteiger partial charge on any atom is 0.227 e. The van der Waals surface area contributed by atoms with Crippen molar-refractivity contribution in [2.45, 2.75) is 52.5 Å². The maximum absolute atomic E-state index is 12.2. The van der Waals surface area contributed by atoms with Gasteiger partial charge in [-0.05, 0) is 25.3 Å². The fourth-order valence-corrected chi connectivity index (χ4v) is 2.74. The van der Waals surface area contributed by atoms with Crippen LogP contribution in [-0.4, -0.2) is 25.8 Å². The minimum absolute atomic E-state index is 0.113. The van der Waals surface area contributed by atoms with Crippen LogP contribution in [0.2, 0.25) is 0 Å². The molecule has 27 heavy (non-hydrogen) atoms. The molecule has 3 aromatic rings. The van der Waals surface area contributed by atoms with Gasteiger partial charge in [0.1, 0.15) is 5.82 Å². The van der Waals surface area contributed by atoms with E-state index in [1.165, 1.54) is 5.56 Å². The number of nitrogens with one attached hydrogen (secondary N) is 1. The van der Waals surface area contributed by atoms with E-state index in [0.717, 1.165) is 5.56 Å². The molecule has 7 nitrogen and oxygen atoms in total. The van der Waals surface area contributed by atoms with Crippen molar-refractivity contribution in [3.8, 4) is 11.4 Å². The van der Waals surface area contributed by atoms with Crippen molar-refractivity contribution in [1.82, 2.24) is 19.9 Å². The summed E-state index contributed by atoms with van der Waals surface area (Å²) in [4.78, 5) is 16.6. The summed E-state index contributed by atoms with van der Waals surface area (Å²) in [5.74, 6) is 2.04. The predicted molar refractivity (Wildman–Crippen MR) is 103 cm³/mol. The van der Waals surface area contributed by atoms with Crippen LogP contribution in [0.5, 0.6) is 0 Å². The van der Waals surface area contributed by atoms with Crippen LogP contribution < -0.4 is 5.32 Å². The number of nitrogens with zero attached hydrogens (tertiary/aromatic N) is 4. The lowest BCUT2D eigenvalue weighted by Gasteiger charge is -2.11. The summed E-state index contributed by atoms with van der Waals surface area (Å²) in [5, 5.41) is 11.1. The molecule has 0 radical (unpaired) electrons. The molecule has 0 aliphatic heterocycles. The second kappa shape index (κ2) is 8.16. The largest absolute Gasteiger partial charge is 0.339 e. The second-order valence-corrected chi connectivity index (χ2v) is 7.09. The van der Waals surface area contributed by atoms with Crippen molar-refractivity contribution in [3.63, 3.8) is 0 Å². The number of carbonyl (C=O) groups excluding carboxylic acids is 1. The third-order valence-corrected chi connectivity index (χ3v) is 4.30. The molecule has 0 aliphatic carbocycles. The molecule has 2 aromatic heterocycles. The molecule has 0 fully saturated rings. The second-order valence-electron chi connectivity index (χ2n) is 7.09. The van der Waals surface area contributed by atoms with Gasteiger partial charge in [-0.15, -0.1) is 0 Å². The molecular weight excluding hydrogens is 342 g/mol. The van der Waals surface area contributed by atoms with Crippen LogP contribution >= 0.6 is 0 Å². The van der Waals surface area contributed by atoms with Crippen LogP contribution in [0.15, 0.2) is 41.1 Å². The van der Waals surface area contributed by atoms with Gasteiger partial charge in [-0.3, -0.25) is 4.79 Å². The molecule has 0 saturated heterocycles. The minimum atomic E-state index is -0.113. The van der Waals surface area contributed by atoms with Crippen LogP contribution in [0.25, 0.3) is 11.4 Å². The molecule has 0 unspecified atom stereocenters. The lowest BCUT2D eigenvalue weighted by atomic mass is 10.0. The van der Waals surface area contributed by atoms with Gasteiger partial charge in [-0.25, -0.2) is 4.68 Å². The Kier molecular flexibility index (Phi) is 5.69. The molecule has 0 saturated carbocycles. The summed E-state index contributed by atoms with van der Waals surface area (Å²) in [6, 6.07) is 10.1. The summed E-state index contributed by atoms with van der Waals surface area (Å²) >= 11 is 0. The highest BCUT2D eigenvalue weighted by Crippen LogP contribution is 2.21. The van der Waals surface area contributed by atoms with E-state index in [9.17, 15) is 4.79 Å². The van der Waals surface area contributed by atoms with Gasteiger partial charge in [0.2, 0.25) is 17.6 Å². The molecule has 142 valence electrons. The van der Waals surface area contributed by atoms with E-state index in [4.69, 9.17) is 4.52 Å². The Hall–Kier alpha value is -2.96. The van der Waals surface area contributed by atoms with Crippen LogP contribution in [0, 0.1) is 0 Å². The summed E-state index contributed by atoms with van der Waals surface area (Å²) in [6.07, 6.45) is 2.32. The van der Waals surface area contributed by atoms with E-state index < -0.39 is 0 Å².